The van der Waals surface area contributed by atoms with E-state index in [4.69, 9.17) is 4.74 Å². The van der Waals surface area contributed by atoms with E-state index in [2.05, 4.69) is 4.98 Å². The zero-order valence-electron chi connectivity index (χ0n) is 15.9. The molecule has 2 aromatic rings. The van der Waals surface area contributed by atoms with Crippen LogP contribution in [0, 0.1) is 12.8 Å². The summed E-state index contributed by atoms with van der Waals surface area (Å²) >= 11 is 0. The van der Waals surface area contributed by atoms with Gasteiger partial charge in [0, 0.05) is 32.8 Å². The number of ether oxygens (including phenoxy) is 1. The molecule has 3 saturated heterocycles. The molecule has 2 atom stereocenters. The number of amides is 2. The van der Waals surface area contributed by atoms with E-state index in [1.165, 1.54) is 0 Å². The molecule has 0 N–H and O–H groups in total. The van der Waals surface area contributed by atoms with Crippen LogP contribution in [0.25, 0.3) is 11.0 Å². The molecule has 3 aliphatic rings. The molecule has 3 aliphatic heterocycles. The minimum absolute atomic E-state index is 0.0551. The fourth-order valence-corrected chi connectivity index (χ4v) is 4.36. The maximum Gasteiger partial charge on any atom is 0.242 e. The Kier molecular flexibility index (Phi) is 4.86. The third-order valence-corrected chi connectivity index (χ3v) is 5.82. The van der Waals surface area contributed by atoms with E-state index in [1.54, 1.807) is 7.11 Å². The number of fused-ring (bicyclic) bond motifs is 5. The van der Waals surface area contributed by atoms with Crippen molar-refractivity contribution in [3.05, 3.63) is 30.1 Å². The molecule has 0 spiro atoms. The number of piperidine rings is 1. The lowest BCUT2D eigenvalue weighted by atomic mass is 9.94. The van der Waals surface area contributed by atoms with Gasteiger partial charge >= 0.3 is 0 Å². The summed E-state index contributed by atoms with van der Waals surface area (Å²) < 4.78 is 7.12. The molecule has 2 amide bonds. The maximum atomic E-state index is 13.1. The number of benzene rings is 1. The number of carbonyl (C=O) groups excluding carboxylic acids is 2. The van der Waals surface area contributed by atoms with Crippen molar-refractivity contribution in [1.82, 2.24) is 19.4 Å². The highest BCUT2D eigenvalue weighted by Gasteiger charge is 2.41. The van der Waals surface area contributed by atoms with Crippen molar-refractivity contribution in [3.63, 3.8) is 0 Å². The quantitative estimate of drug-likeness (QED) is 0.799. The summed E-state index contributed by atoms with van der Waals surface area (Å²) in [4.78, 5) is 34.2. The number of methoxy groups -OCH3 is 1. The first-order valence-electron chi connectivity index (χ1n) is 9.57. The van der Waals surface area contributed by atoms with Gasteiger partial charge in [0.05, 0.1) is 23.6 Å². The lowest BCUT2D eigenvalue weighted by Gasteiger charge is -2.35. The van der Waals surface area contributed by atoms with E-state index < -0.39 is 0 Å². The van der Waals surface area contributed by atoms with Crippen molar-refractivity contribution in [2.45, 2.75) is 32.4 Å². The number of nitrogens with zero attached hydrogens (tertiary/aromatic N) is 4. The number of rotatable bonds is 5. The van der Waals surface area contributed by atoms with Gasteiger partial charge in [-0.1, -0.05) is 12.1 Å². The molecular weight excluding hydrogens is 344 g/mol. The van der Waals surface area contributed by atoms with Crippen molar-refractivity contribution < 1.29 is 14.3 Å². The van der Waals surface area contributed by atoms with E-state index in [1.807, 2.05) is 45.6 Å². The monoisotopic (exact) mass is 370 g/mol. The van der Waals surface area contributed by atoms with Crippen LogP contribution in [0.2, 0.25) is 0 Å². The molecule has 7 heteroatoms. The number of aryl methyl sites for hydroxylation is 1. The van der Waals surface area contributed by atoms with Crippen molar-refractivity contribution in [3.8, 4) is 0 Å². The predicted molar refractivity (Wildman–Crippen MR) is 101 cm³/mol. The summed E-state index contributed by atoms with van der Waals surface area (Å²) in [7, 11) is 1.65. The largest absolute Gasteiger partial charge is 0.383 e. The molecule has 0 aliphatic carbocycles. The van der Waals surface area contributed by atoms with Crippen LogP contribution >= 0.6 is 0 Å². The van der Waals surface area contributed by atoms with Crippen molar-refractivity contribution in [2.24, 2.45) is 5.92 Å². The minimum Gasteiger partial charge on any atom is -0.383 e. The Balaban J connectivity index is 1.53. The Labute approximate surface area is 158 Å². The molecule has 0 saturated carbocycles. The predicted octanol–water partition coefficient (Wildman–Crippen LogP) is 1.44. The molecule has 4 heterocycles. The van der Waals surface area contributed by atoms with Gasteiger partial charge in [-0.3, -0.25) is 9.59 Å². The third kappa shape index (κ3) is 3.32. The van der Waals surface area contributed by atoms with E-state index >= 15 is 0 Å². The first kappa shape index (κ1) is 18.0. The van der Waals surface area contributed by atoms with Gasteiger partial charge < -0.3 is 19.1 Å². The molecule has 2 bridgehead atoms. The number of hydrogen-bond acceptors (Lipinski definition) is 4. The Morgan fingerprint density at radius 1 is 1.26 bits per heavy atom. The third-order valence-electron chi connectivity index (χ3n) is 5.82. The number of aromatic nitrogens is 2. The Hall–Kier alpha value is -2.41. The number of hydrogen-bond donors (Lipinski definition) is 0. The molecule has 144 valence electrons. The van der Waals surface area contributed by atoms with Crippen LogP contribution in [0.1, 0.15) is 18.7 Å². The standard InChI is InChI=1S/C20H26N4O3/c1-14-21-17-5-3-4-6-18(17)24(14)13-19(25)22-11-15-7-8-16(12-22)23(20(15)26)9-10-27-2/h3-6,15-16H,7-13H2,1-2H3/t15-,16+/m0/s1. The molecule has 1 aromatic carbocycles. The summed E-state index contributed by atoms with van der Waals surface area (Å²) in [6.07, 6.45) is 1.82. The van der Waals surface area contributed by atoms with E-state index in [0.29, 0.717) is 26.2 Å². The van der Waals surface area contributed by atoms with Crippen LogP contribution < -0.4 is 0 Å². The Morgan fingerprint density at radius 3 is 2.89 bits per heavy atom. The summed E-state index contributed by atoms with van der Waals surface area (Å²) in [5, 5.41) is 0. The van der Waals surface area contributed by atoms with Crippen molar-refractivity contribution in [2.75, 3.05) is 33.4 Å². The molecule has 1 aromatic heterocycles. The van der Waals surface area contributed by atoms with Gasteiger partial charge in [-0.15, -0.1) is 0 Å². The van der Waals surface area contributed by atoms with E-state index in [0.717, 1.165) is 29.7 Å². The minimum atomic E-state index is -0.0924. The normalized spacial score (nSPS) is 22.5. The van der Waals surface area contributed by atoms with E-state index in [-0.39, 0.29) is 30.3 Å². The average molecular weight is 370 g/mol. The second-order valence-electron chi connectivity index (χ2n) is 7.49. The van der Waals surface area contributed by atoms with Gasteiger partial charge in [-0.25, -0.2) is 4.98 Å². The average Bonchev–Trinajstić information content (AvgIpc) is 2.81. The molecule has 5 rings (SSSR count). The van der Waals surface area contributed by atoms with Crippen LogP contribution in [0.15, 0.2) is 24.3 Å². The molecule has 7 nitrogen and oxygen atoms in total. The highest BCUT2D eigenvalue weighted by molar-refractivity contribution is 5.84. The maximum absolute atomic E-state index is 13.1. The highest BCUT2D eigenvalue weighted by Crippen LogP contribution is 2.29. The fourth-order valence-electron chi connectivity index (χ4n) is 4.36. The first-order valence-corrected chi connectivity index (χ1v) is 9.57. The molecular formula is C20H26N4O3. The van der Waals surface area contributed by atoms with Crippen LogP contribution in [0.3, 0.4) is 0 Å². The summed E-state index contributed by atoms with van der Waals surface area (Å²) in [5.41, 5.74) is 1.87. The molecule has 0 unspecified atom stereocenters. The van der Waals surface area contributed by atoms with Gasteiger partial charge in [-0.2, -0.15) is 0 Å². The second-order valence-corrected chi connectivity index (χ2v) is 7.49. The van der Waals surface area contributed by atoms with Crippen LogP contribution in [-0.2, 0) is 20.9 Å². The second kappa shape index (κ2) is 7.31. The van der Waals surface area contributed by atoms with Gasteiger partial charge in [0.2, 0.25) is 11.8 Å². The number of imidazole rings is 1. The van der Waals surface area contributed by atoms with Gasteiger partial charge in [-0.05, 0) is 31.9 Å². The zero-order chi connectivity index (χ0) is 19.0. The van der Waals surface area contributed by atoms with Gasteiger partial charge in [0.15, 0.2) is 0 Å². The fraction of sp³-hybridized carbons (Fsp3) is 0.550. The smallest absolute Gasteiger partial charge is 0.242 e. The van der Waals surface area contributed by atoms with Gasteiger partial charge in [0.1, 0.15) is 12.4 Å². The van der Waals surface area contributed by atoms with Crippen LogP contribution in [0.5, 0.6) is 0 Å². The Bertz CT molecular complexity index is 862. The lowest BCUT2D eigenvalue weighted by Crippen LogP contribution is -2.49. The van der Waals surface area contributed by atoms with Gasteiger partial charge in [0.25, 0.3) is 0 Å². The number of carbonyl (C=O) groups is 2. The zero-order valence-corrected chi connectivity index (χ0v) is 15.9. The summed E-state index contributed by atoms with van der Waals surface area (Å²) in [6.45, 7) is 4.44. The molecule has 27 heavy (non-hydrogen) atoms. The number of para-hydroxylation sites is 2. The van der Waals surface area contributed by atoms with Crippen LogP contribution in [0.4, 0.5) is 0 Å². The SMILES string of the molecule is COCCN1C(=O)[C@H]2CC[C@@H]1CN(C(=O)Cn1c(C)nc3ccccc31)C2. The highest BCUT2D eigenvalue weighted by atomic mass is 16.5. The van der Waals surface area contributed by atoms with Crippen molar-refractivity contribution in [1.29, 1.82) is 0 Å². The van der Waals surface area contributed by atoms with E-state index in [9.17, 15) is 9.59 Å². The van der Waals surface area contributed by atoms with Crippen LogP contribution in [-0.4, -0.2) is 70.6 Å². The first-order chi connectivity index (χ1) is 13.1. The Morgan fingerprint density at radius 2 is 2.07 bits per heavy atom. The molecule has 0 radical (unpaired) electrons. The lowest BCUT2D eigenvalue weighted by molar-refractivity contribution is -0.140. The summed E-state index contributed by atoms with van der Waals surface area (Å²) in [5.74, 6) is 0.965. The van der Waals surface area contributed by atoms with Crippen molar-refractivity contribution >= 4 is 22.8 Å². The molecule has 3 fully saturated rings. The summed E-state index contributed by atoms with van der Waals surface area (Å²) in [6, 6.07) is 7.96. The topological polar surface area (TPSA) is 67.7 Å².